The fourth-order valence-corrected chi connectivity index (χ4v) is 2.13. The molecule has 0 spiro atoms. The topological polar surface area (TPSA) is 83.8 Å². The van der Waals surface area contributed by atoms with Crippen LogP contribution in [-0.2, 0) is 11.2 Å². The number of fused-ring (bicyclic) bond motifs is 1. The number of nitrogens with two attached hydrogens (primary N) is 1. The molecule has 0 fully saturated rings. The Bertz CT molecular complexity index is 662. The number of aromatic amines is 1. The van der Waals surface area contributed by atoms with Crippen LogP contribution >= 0.6 is 27.5 Å². The van der Waals surface area contributed by atoms with Gasteiger partial charge in [0.15, 0.2) is 0 Å². The molecule has 0 atom stereocenters. The Labute approximate surface area is 137 Å². The van der Waals surface area contributed by atoms with E-state index in [0.717, 1.165) is 26.6 Å². The summed E-state index contributed by atoms with van der Waals surface area (Å²) in [6.07, 6.45) is 1.81. The van der Waals surface area contributed by atoms with Crippen molar-refractivity contribution in [3.8, 4) is 0 Å². The van der Waals surface area contributed by atoms with Gasteiger partial charge in [0, 0.05) is 23.0 Å². The lowest BCUT2D eigenvalue weighted by atomic mass is 10.1. The van der Waals surface area contributed by atoms with Gasteiger partial charge in [-0.3, -0.25) is 9.89 Å². The van der Waals surface area contributed by atoms with Crippen molar-refractivity contribution in [2.45, 2.75) is 20.3 Å². The van der Waals surface area contributed by atoms with Crippen LogP contribution in [0.1, 0.15) is 19.4 Å². The zero-order chi connectivity index (χ0) is 16.0. The minimum Gasteiger partial charge on any atom is -0.405 e. The number of amides is 1. The molecule has 0 unspecified atom stereocenters. The number of carbonyl (C=O) groups excluding carboxylic acids is 1. The molecule has 0 aliphatic carbocycles. The molecule has 114 valence electrons. The van der Waals surface area contributed by atoms with E-state index in [9.17, 15) is 4.79 Å². The first kappa shape index (κ1) is 17.5. The number of aromatic nitrogens is 2. The van der Waals surface area contributed by atoms with Gasteiger partial charge in [-0.05, 0) is 48.1 Å². The van der Waals surface area contributed by atoms with Crippen LogP contribution < -0.4 is 11.1 Å². The number of hydrogen-bond donors (Lipinski definition) is 3. The van der Waals surface area contributed by atoms with Crippen molar-refractivity contribution in [3.63, 3.8) is 0 Å². The van der Waals surface area contributed by atoms with Gasteiger partial charge in [-0.15, -0.1) is 0 Å². The number of hydrogen-bond acceptors (Lipinski definition) is 3. The summed E-state index contributed by atoms with van der Waals surface area (Å²) in [5, 5.41) is 11.0. The van der Waals surface area contributed by atoms with Gasteiger partial charge in [-0.25, -0.2) is 0 Å². The Morgan fingerprint density at radius 2 is 2.14 bits per heavy atom. The van der Waals surface area contributed by atoms with Gasteiger partial charge in [-0.1, -0.05) is 17.2 Å². The minimum atomic E-state index is -0.0893. The standard InChI is InChI=1S/C10H9BrClN3O.C4H9N/c1-13-8(16)4-6-7(12)3-2-5-9(6)14-15-10(5)11;1-4(2)3-5/h2-3H,4H2,1H3,(H,13,16)(H,14,15);3H,5H2,1-2H3. The molecule has 0 saturated carbocycles. The van der Waals surface area contributed by atoms with Crippen molar-refractivity contribution in [3.05, 3.63) is 39.1 Å². The van der Waals surface area contributed by atoms with E-state index in [-0.39, 0.29) is 12.3 Å². The molecular weight excluding hydrogens is 356 g/mol. The number of carbonyl (C=O) groups is 1. The monoisotopic (exact) mass is 372 g/mol. The third-order valence-electron chi connectivity index (χ3n) is 2.68. The first-order valence-electron chi connectivity index (χ1n) is 6.27. The summed E-state index contributed by atoms with van der Waals surface area (Å²) in [5.41, 5.74) is 7.63. The predicted molar refractivity (Wildman–Crippen MR) is 90.2 cm³/mol. The molecule has 1 aromatic carbocycles. The van der Waals surface area contributed by atoms with E-state index in [4.69, 9.17) is 17.3 Å². The second kappa shape index (κ2) is 8.05. The summed E-state index contributed by atoms with van der Waals surface area (Å²) >= 11 is 9.41. The van der Waals surface area contributed by atoms with Crippen molar-refractivity contribution in [2.24, 2.45) is 5.73 Å². The third kappa shape index (κ3) is 4.75. The SMILES string of the molecule is CC(C)=CN.CNC(=O)Cc1c(Cl)ccc2c(Br)[nH]nc12. The van der Waals surface area contributed by atoms with Crippen LogP contribution in [0.25, 0.3) is 10.9 Å². The second-order valence-corrected chi connectivity index (χ2v) is 5.75. The lowest BCUT2D eigenvalue weighted by molar-refractivity contribution is -0.119. The van der Waals surface area contributed by atoms with Gasteiger partial charge in [0.1, 0.15) is 4.60 Å². The zero-order valence-corrected chi connectivity index (χ0v) is 14.5. The molecular formula is C14H18BrClN4O. The fourth-order valence-electron chi connectivity index (χ4n) is 1.50. The highest BCUT2D eigenvalue weighted by Gasteiger charge is 2.13. The van der Waals surface area contributed by atoms with Gasteiger partial charge in [0.2, 0.25) is 5.91 Å². The molecule has 7 heteroatoms. The van der Waals surface area contributed by atoms with Crippen LogP contribution in [0.5, 0.6) is 0 Å². The first-order chi connectivity index (χ1) is 9.90. The normalized spacial score (nSPS) is 9.76. The summed E-state index contributed by atoms with van der Waals surface area (Å²) in [6.45, 7) is 3.92. The van der Waals surface area contributed by atoms with Gasteiger partial charge < -0.3 is 11.1 Å². The van der Waals surface area contributed by atoms with Crippen LogP contribution in [0.3, 0.4) is 0 Å². The summed E-state index contributed by atoms with van der Waals surface area (Å²) < 4.78 is 0.789. The largest absolute Gasteiger partial charge is 0.405 e. The van der Waals surface area contributed by atoms with Crippen LogP contribution in [0.4, 0.5) is 0 Å². The first-order valence-corrected chi connectivity index (χ1v) is 7.44. The lowest BCUT2D eigenvalue weighted by Crippen LogP contribution is -2.20. The molecule has 1 amide bonds. The van der Waals surface area contributed by atoms with Crippen molar-refractivity contribution in [2.75, 3.05) is 7.05 Å². The number of benzene rings is 1. The highest BCUT2D eigenvalue weighted by Crippen LogP contribution is 2.29. The quantitative estimate of drug-likeness (QED) is 0.756. The molecule has 0 aliphatic rings. The maximum absolute atomic E-state index is 11.4. The van der Waals surface area contributed by atoms with Gasteiger partial charge >= 0.3 is 0 Å². The van der Waals surface area contributed by atoms with Gasteiger partial charge in [0.05, 0.1) is 11.9 Å². The van der Waals surface area contributed by atoms with Crippen LogP contribution in [0, 0.1) is 0 Å². The minimum absolute atomic E-state index is 0.0893. The smallest absolute Gasteiger partial charge is 0.224 e. The summed E-state index contributed by atoms with van der Waals surface area (Å²) in [6, 6.07) is 3.63. The molecule has 0 bridgehead atoms. The number of halogens is 2. The van der Waals surface area contributed by atoms with E-state index < -0.39 is 0 Å². The van der Waals surface area contributed by atoms with E-state index in [1.54, 1.807) is 19.3 Å². The predicted octanol–water partition coefficient (Wildman–Crippen LogP) is 3.14. The number of nitrogens with zero attached hydrogens (tertiary/aromatic N) is 1. The number of nitrogens with one attached hydrogen (secondary N) is 2. The Morgan fingerprint density at radius 1 is 1.52 bits per heavy atom. The Hall–Kier alpha value is -1.53. The van der Waals surface area contributed by atoms with Crippen LogP contribution in [-0.4, -0.2) is 23.2 Å². The van der Waals surface area contributed by atoms with Crippen LogP contribution in [0.15, 0.2) is 28.5 Å². The lowest BCUT2D eigenvalue weighted by Gasteiger charge is -2.04. The van der Waals surface area contributed by atoms with E-state index in [0.29, 0.717) is 5.02 Å². The molecule has 21 heavy (non-hydrogen) atoms. The molecule has 0 aliphatic heterocycles. The van der Waals surface area contributed by atoms with Crippen molar-refractivity contribution >= 4 is 44.3 Å². The highest BCUT2D eigenvalue weighted by atomic mass is 79.9. The number of likely N-dealkylation sites (N-methyl/N-ethyl adjacent to an activating group) is 1. The van der Waals surface area contributed by atoms with Gasteiger partial charge in [-0.2, -0.15) is 5.10 Å². The fraction of sp³-hybridized carbons (Fsp3) is 0.286. The number of H-pyrrole nitrogens is 1. The molecule has 0 saturated heterocycles. The van der Waals surface area contributed by atoms with E-state index >= 15 is 0 Å². The molecule has 4 N–H and O–H groups in total. The Balaban J connectivity index is 0.000000383. The molecule has 1 aromatic heterocycles. The summed E-state index contributed by atoms with van der Waals surface area (Å²) in [7, 11) is 1.59. The second-order valence-electron chi connectivity index (χ2n) is 4.55. The van der Waals surface area contributed by atoms with E-state index in [1.807, 2.05) is 19.9 Å². The highest BCUT2D eigenvalue weighted by molar-refractivity contribution is 9.10. The molecule has 2 aromatic rings. The number of rotatable bonds is 2. The van der Waals surface area contributed by atoms with E-state index in [2.05, 4.69) is 31.4 Å². The van der Waals surface area contributed by atoms with Crippen molar-refractivity contribution in [1.29, 1.82) is 0 Å². The average Bonchev–Trinajstić information content (AvgIpc) is 2.84. The molecule has 5 nitrogen and oxygen atoms in total. The molecule has 1 heterocycles. The van der Waals surface area contributed by atoms with E-state index in [1.165, 1.54) is 0 Å². The zero-order valence-electron chi connectivity index (χ0n) is 12.1. The Kier molecular flexibility index (Phi) is 6.71. The maximum atomic E-state index is 11.4. The Morgan fingerprint density at radius 3 is 2.67 bits per heavy atom. The summed E-state index contributed by atoms with van der Waals surface area (Å²) in [5.74, 6) is -0.0893. The maximum Gasteiger partial charge on any atom is 0.224 e. The van der Waals surface area contributed by atoms with Crippen LogP contribution in [0.2, 0.25) is 5.02 Å². The average molecular weight is 374 g/mol. The molecule has 0 radical (unpaired) electrons. The summed E-state index contributed by atoms with van der Waals surface area (Å²) in [4.78, 5) is 11.4. The van der Waals surface area contributed by atoms with Crippen molar-refractivity contribution in [1.82, 2.24) is 15.5 Å². The van der Waals surface area contributed by atoms with Crippen molar-refractivity contribution < 1.29 is 4.79 Å². The third-order valence-corrected chi connectivity index (χ3v) is 3.64. The molecule has 2 rings (SSSR count). The van der Waals surface area contributed by atoms with Gasteiger partial charge in [0.25, 0.3) is 0 Å². The number of allylic oxidation sites excluding steroid dienone is 1.